The number of carbonyl (C=O) groups excluding carboxylic acids is 1. The van der Waals surface area contributed by atoms with Gasteiger partial charge in [0.25, 0.3) is 0 Å². The maximum atomic E-state index is 10.6. The highest BCUT2D eigenvalue weighted by atomic mass is 32.1. The molecule has 0 bridgehead atoms. The van der Waals surface area contributed by atoms with Gasteiger partial charge in [-0.25, -0.2) is 4.79 Å². The smallest absolute Gasteiger partial charge is 0.342 e. The molecule has 0 amide bonds. The number of hydrogen-bond acceptors (Lipinski definition) is 3. The number of carbonyl (C=O) groups is 1. The van der Waals surface area contributed by atoms with Gasteiger partial charge in [0, 0.05) is 19.0 Å². The molecule has 1 rings (SSSR count). The molecule has 12 heavy (non-hydrogen) atoms. The molecule has 0 spiro atoms. The fraction of sp³-hybridized carbons (Fsp3) is 0. The van der Waals surface area contributed by atoms with Gasteiger partial charge in [0.15, 0.2) is 0 Å². The minimum atomic E-state index is -0.470. The normalized spacial score (nSPS) is 10.1. The Kier molecular flexibility index (Phi) is 3.41. The topological polar surface area (TPSA) is 26.3 Å². The highest BCUT2D eigenvalue weighted by Crippen LogP contribution is 2.01. The summed E-state index contributed by atoms with van der Waals surface area (Å²) in [7, 11) is 0. The van der Waals surface area contributed by atoms with Crippen molar-refractivity contribution in [3.8, 4) is 0 Å². The lowest BCUT2D eigenvalue weighted by atomic mass is 10.2. The summed E-state index contributed by atoms with van der Waals surface area (Å²) in [5.74, 6) is -0.470. The Bertz CT molecular complexity index is 280. The summed E-state index contributed by atoms with van der Waals surface area (Å²) in [6.45, 7) is 0. The van der Waals surface area contributed by atoms with E-state index in [-0.39, 0.29) is 0 Å². The van der Waals surface area contributed by atoms with Gasteiger partial charge in [-0.2, -0.15) is 0 Å². The average molecular weight is 180 g/mol. The van der Waals surface area contributed by atoms with Crippen molar-refractivity contribution < 1.29 is 8.98 Å². The van der Waals surface area contributed by atoms with Crippen molar-refractivity contribution in [3.63, 3.8) is 0 Å². The Balaban J connectivity index is 2.64. The van der Waals surface area contributed by atoms with Crippen LogP contribution in [0, 0.1) is 0 Å². The second-order valence-electron chi connectivity index (χ2n) is 2.15. The molecule has 0 atom stereocenters. The average Bonchev–Trinajstić information content (AvgIpc) is 2.16. The van der Waals surface area contributed by atoms with E-state index in [0.29, 0.717) is 0 Å². The Morgan fingerprint density at radius 1 is 1.33 bits per heavy atom. The van der Waals surface area contributed by atoms with Crippen molar-refractivity contribution in [1.29, 1.82) is 0 Å². The molecule has 0 aliphatic rings. The molecule has 2 nitrogen and oxygen atoms in total. The molecule has 0 N–H and O–H groups in total. The van der Waals surface area contributed by atoms with Crippen molar-refractivity contribution in [2.24, 2.45) is 0 Å². The van der Waals surface area contributed by atoms with Crippen LogP contribution in [0.15, 0.2) is 36.4 Å². The van der Waals surface area contributed by atoms with Crippen molar-refractivity contribution in [2.75, 3.05) is 0 Å². The highest BCUT2D eigenvalue weighted by molar-refractivity contribution is 7.75. The van der Waals surface area contributed by atoms with Crippen LogP contribution in [0.1, 0.15) is 5.56 Å². The summed E-state index contributed by atoms with van der Waals surface area (Å²) >= 11 is 3.36. The Hall–Kier alpha value is -1.22. The first-order chi connectivity index (χ1) is 5.83. The molecule has 0 aliphatic heterocycles. The van der Waals surface area contributed by atoms with Crippen molar-refractivity contribution >= 4 is 25.0 Å². The van der Waals surface area contributed by atoms with Gasteiger partial charge >= 0.3 is 5.97 Å². The lowest BCUT2D eigenvalue weighted by Gasteiger charge is -1.90. The third-order valence-electron chi connectivity index (χ3n) is 1.30. The minimum absolute atomic E-state index is 0.470. The van der Waals surface area contributed by atoms with Gasteiger partial charge < -0.3 is 4.18 Å². The maximum absolute atomic E-state index is 10.6. The lowest BCUT2D eigenvalue weighted by molar-refractivity contribution is -0.127. The van der Waals surface area contributed by atoms with E-state index >= 15 is 0 Å². The SMILES string of the molecule is O=C(C=Cc1ccccc1)OS. The van der Waals surface area contributed by atoms with Gasteiger partial charge in [-0.1, -0.05) is 30.3 Å². The standard InChI is InChI=1S/C9H8O2S/c10-9(11-12)7-6-8-4-2-1-3-5-8/h1-7,12H. The third kappa shape index (κ3) is 2.80. The van der Waals surface area contributed by atoms with Crippen LogP contribution in [0.3, 0.4) is 0 Å². The van der Waals surface area contributed by atoms with Crippen LogP contribution in [0.5, 0.6) is 0 Å². The van der Waals surface area contributed by atoms with Crippen LogP contribution in [-0.4, -0.2) is 5.97 Å². The summed E-state index contributed by atoms with van der Waals surface area (Å²) in [6.07, 6.45) is 2.99. The molecule has 0 radical (unpaired) electrons. The van der Waals surface area contributed by atoms with Crippen LogP contribution >= 0.6 is 12.9 Å². The van der Waals surface area contributed by atoms with Crippen LogP contribution in [0.4, 0.5) is 0 Å². The first-order valence-corrected chi connectivity index (χ1v) is 3.78. The van der Waals surface area contributed by atoms with Crippen molar-refractivity contribution in [2.45, 2.75) is 0 Å². The fourth-order valence-corrected chi connectivity index (χ4v) is 0.820. The zero-order chi connectivity index (χ0) is 8.81. The third-order valence-corrected chi connectivity index (χ3v) is 1.48. The molecule has 0 unspecified atom stereocenters. The molecule has 0 saturated carbocycles. The van der Waals surface area contributed by atoms with E-state index in [1.807, 2.05) is 30.3 Å². The molecule has 0 aliphatic carbocycles. The Morgan fingerprint density at radius 2 is 2.00 bits per heavy atom. The molecule has 3 heteroatoms. The minimum Gasteiger partial charge on any atom is -0.391 e. The summed E-state index contributed by atoms with van der Waals surface area (Å²) in [6, 6.07) is 9.48. The van der Waals surface area contributed by atoms with Crippen molar-refractivity contribution in [1.82, 2.24) is 0 Å². The van der Waals surface area contributed by atoms with Gasteiger partial charge in [0.1, 0.15) is 0 Å². The van der Waals surface area contributed by atoms with Crippen LogP contribution in [-0.2, 0) is 8.98 Å². The van der Waals surface area contributed by atoms with Gasteiger partial charge in [0.2, 0.25) is 0 Å². The molecule has 0 heterocycles. The van der Waals surface area contributed by atoms with Crippen LogP contribution in [0.2, 0.25) is 0 Å². The van der Waals surface area contributed by atoms with E-state index in [4.69, 9.17) is 0 Å². The lowest BCUT2D eigenvalue weighted by Crippen LogP contribution is -1.88. The number of benzene rings is 1. The summed E-state index contributed by atoms with van der Waals surface area (Å²) < 4.78 is 4.14. The zero-order valence-corrected chi connectivity index (χ0v) is 7.20. The molecule has 0 saturated heterocycles. The highest BCUT2D eigenvalue weighted by Gasteiger charge is 1.90. The summed E-state index contributed by atoms with van der Waals surface area (Å²) in [5, 5.41) is 0. The van der Waals surface area contributed by atoms with Crippen molar-refractivity contribution in [3.05, 3.63) is 42.0 Å². The molecular formula is C9H8O2S. The predicted molar refractivity (Wildman–Crippen MR) is 50.6 cm³/mol. The van der Waals surface area contributed by atoms with Gasteiger partial charge in [-0.05, 0) is 11.6 Å². The zero-order valence-electron chi connectivity index (χ0n) is 6.31. The molecule has 0 aromatic heterocycles. The number of rotatable bonds is 2. The monoisotopic (exact) mass is 180 g/mol. The predicted octanol–water partition coefficient (Wildman–Crippen LogP) is 2.09. The summed E-state index contributed by atoms with van der Waals surface area (Å²) in [5.41, 5.74) is 0.955. The second kappa shape index (κ2) is 4.62. The van der Waals surface area contributed by atoms with Gasteiger partial charge in [-0.15, -0.1) is 0 Å². The Morgan fingerprint density at radius 3 is 2.58 bits per heavy atom. The second-order valence-corrected chi connectivity index (χ2v) is 2.34. The fourth-order valence-electron chi connectivity index (χ4n) is 0.759. The molecule has 62 valence electrons. The van der Waals surface area contributed by atoms with E-state index in [1.54, 1.807) is 6.08 Å². The summed E-state index contributed by atoms with van der Waals surface area (Å²) in [4.78, 5) is 10.6. The molecule has 1 aromatic rings. The first kappa shape index (κ1) is 8.87. The molecule has 1 aromatic carbocycles. The Labute approximate surface area is 76.5 Å². The van der Waals surface area contributed by atoms with Gasteiger partial charge in [-0.3, -0.25) is 0 Å². The van der Waals surface area contributed by atoms with E-state index in [2.05, 4.69) is 17.1 Å². The van der Waals surface area contributed by atoms with E-state index in [1.165, 1.54) is 6.08 Å². The largest absolute Gasteiger partial charge is 0.391 e. The maximum Gasteiger partial charge on any atom is 0.342 e. The first-order valence-electron chi connectivity index (χ1n) is 3.41. The number of thiol groups is 1. The quantitative estimate of drug-likeness (QED) is 0.428. The molecule has 0 fully saturated rings. The molecular weight excluding hydrogens is 172 g/mol. The number of hydrogen-bond donors (Lipinski definition) is 1. The van der Waals surface area contributed by atoms with Crippen LogP contribution < -0.4 is 0 Å². The van der Waals surface area contributed by atoms with E-state index < -0.39 is 5.97 Å². The van der Waals surface area contributed by atoms with Crippen LogP contribution in [0.25, 0.3) is 6.08 Å². The van der Waals surface area contributed by atoms with E-state index in [0.717, 1.165) is 5.56 Å². The van der Waals surface area contributed by atoms with Gasteiger partial charge in [0.05, 0.1) is 0 Å². The van der Waals surface area contributed by atoms with E-state index in [9.17, 15) is 4.79 Å².